The molecular formula is C64H50O17. The highest BCUT2D eigenvalue weighted by atomic mass is 16.6. The van der Waals surface area contributed by atoms with Crippen molar-refractivity contribution in [3.05, 3.63) is 239 Å². The molecule has 408 valence electrons. The molecule has 0 aliphatic rings. The summed E-state index contributed by atoms with van der Waals surface area (Å²) in [7, 11) is 0. The second kappa shape index (κ2) is 27.6. The van der Waals surface area contributed by atoms with Gasteiger partial charge in [0.15, 0.2) is 0 Å². The summed E-state index contributed by atoms with van der Waals surface area (Å²) in [5.41, 5.74) is 5.01. The summed E-state index contributed by atoms with van der Waals surface area (Å²) in [5, 5.41) is 18.3. The molecule has 8 rings (SSSR count). The molecule has 0 radical (unpaired) electrons. The average molecular weight is 1090 g/mol. The minimum absolute atomic E-state index is 0.0295. The first kappa shape index (κ1) is 56.5. The van der Waals surface area contributed by atoms with Crippen molar-refractivity contribution in [1.29, 1.82) is 0 Å². The van der Waals surface area contributed by atoms with Crippen molar-refractivity contribution in [2.45, 2.75) is 51.4 Å². The molecule has 0 heterocycles. The van der Waals surface area contributed by atoms with E-state index in [1.807, 2.05) is 0 Å². The van der Waals surface area contributed by atoms with Gasteiger partial charge < -0.3 is 43.4 Å². The van der Waals surface area contributed by atoms with E-state index in [1.165, 1.54) is 24.3 Å². The third kappa shape index (κ3) is 18.8. The lowest BCUT2D eigenvalue weighted by Gasteiger charge is -2.09. The summed E-state index contributed by atoms with van der Waals surface area (Å²) < 4.78 is 38.1. The van der Waals surface area contributed by atoms with E-state index >= 15 is 0 Å². The van der Waals surface area contributed by atoms with Crippen molar-refractivity contribution in [3.8, 4) is 46.0 Å². The highest BCUT2D eigenvalue weighted by Crippen LogP contribution is 2.22. The van der Waals surface area contributed by atoms with Crippen molar-refractivity contribution >= 4 is 47.8 Å². The van der Waals surface area contributed by atoms with Crippen LogP contribution < -0.4 is 33.2 Å². The lowest BCUT2D eigenvalue weighted by Crippen LogP contribution is -2.13. The smallest absolute Gasteiger partial charge is 0.315 e. The van der Waals surface area contributed by atoms with Gasteiger partial charge in [-0.15, -0.1) is 0 Å². The number of benzene rings is 8. The fraction of sp³-hybridized carbons (Fsp3) is 0.125. The molecule has 0 saturated heterocycles. The van der Waals surface area contributed by atoms with E-state index in [-0.39, 0.29) is 85.9 Å². The lowest BCUT2D eigenvalue weighted by molar-refractivity contribution is -0.137. The molecule has 8 aromatic carbocycles. The van der Waals surface area contributed by atoms with Gasteiger partial charge in [0.1, 0.15) is 46.0 Å². The van der Waals surface area contributed by atoms with Gasteiger partial charge in [-0.3, -0.25) is 38.4 Å². The predicted molar refractivity (Wildman–Crippen MR) is 290 cm³/mol. The van der Waals surface area contributed by atoms with Crippen LogP contribution in [-0.4, -0.2) is 58.0 Å². The minimum atomic E-state index is -0.962. The molecule has 0 unspecified atom stereocenters. The van der Waals surface area contributed by atoms with E-state index in [2.05, 4.69) is 0 Å². The van der Waals surface area contributed by atoms with Crippen LogP contribution in [0.25, 0.3) is 0 Å². The molecule has 0 aromatic heterocycles. The van der Waals surface area contributed by atoms with Crippen LogP contribution in [-0.2, 0) is 89.7 Å². The quantitative estimate of drug-likeness (QED) is 0.0448. The third-order valence-corrected chi connectivity index (χ3v) is 11.8. The van der Waals surface area contributed by atoms with Crippen molar-refractivity contribution in [2.24, 2.45) is 0 Å². The Balaban J connectivity index is 0.687. The maximum Gasteiger partial charge on any atom is 0.315 e. The Labute approximate surface area is 463 Å². The minimum Gasteiger partial charge on any atom is -0.508 e. The van der Waals surface area contributed by atoms with Crippen LogP contribution >= 0.6 is 0 Å². The first-order chi connectivity index (χ1) is 39.1. The Morgan fingerprint density at radius 1 is 0.222 bits per heavy atom. The number of carboxylic acids is 1. The largest absolute Gasteiger partial charge is 0.508 e. The van der Waals surface area contributed by atoms with Gasteiger partial charge in [-0.2, -0.15) is 0 Å². The second-order valence-corrected chi connectivity index (χ2v) is 18.3. The molecule has 0 amide bonds. The standard InChI is InChI=1S/C64H50O17/c65-49-17-1-42(2-18-49)34-58(68)76-51-21-5-44(6-22-51)36-60(70)78-53-25-9-46(10-26-53)38-62(72)80-55-29-13-48(14-30-55)40-64(74)81-56-31-15-47(16-32-56)39-63(73)79-54-27-11-45(12-28-54)37-61(71)77-52-23-7-43(8-24-52)35-59(69)75-50-19-3-41(4-20-50)33-57(66)67/h1-32,65H,33-40H2,(H,66,67). The van der Waals surface area contributed by atoms with Gasteiger partial charge in [-0.05, 0) is 142 Å². The zero-order valence-corrected chi connectivity index (χ0v) is 43.2. The number of ether oxygens (including phenoxy) is 7. The maximum absolute atomic E-state index is 12.8. The molecule has 0 saturated carbocycles. The number of aromatic hydroxyl groups is 1. The van der Waals surface area contributed by atoms with Crippen LogP contribution in [0.15, 0.2) is 194 Å². The van der Waals surface area contributed by atoms with Gasteiger partial charge in [-0.25, -0.2) is 0 Å². The van der Waals surface area contributed by atoms with Crippen molar-refractivity contribution < 1.29 is 81.7 Å². The van der Waals surface area contributed by atoms with Gasteiger partial charge in [0, 0.05) is 0 Å². The van der Waals surface area contributed by atoms with Crippen LogP contribution in [0.2, 0.25) is 0 Å². The van der Waals surface area contributed by atoms with Crippen LogP contribution in [0.5, 0.6) is 46.0 Å². The molecule has 2 N–H and O–H groups in total. The van der Waals surface area contributed by atoms with E-state index < -0.39 is 47.8 Å². The van der Waals surface area contributed by atoms with Crippen molar-refractivity contribution in [2.75, 3.05) is 0 Å². The van der Waals surface area contributed by atoms with E-state index in [4.69, 9.17) is 38.3 Å². The number of phenols is 1. The number of aliphatic carboxylic acids is 1. The zero-order valence-electron chi connectivity index (χ0n) is 43.2. The summed E-state index contributed by atoms with van der Waals surface area (Å²) >= 11 is 0. The number of esters is 7. The predicted octanol–water partition coefficient (Wildman–Crippen LogP) is 9.06. The summed E-state index contributed by atoms with van der Waals surface area (Å²) in [6.07, 6.45) is -0.439. The summed E-state index contributed by atoms with van der Waals surface area (Å²) in [6, 6.07) is 50.9. The van der Waals surface area contributed by atoms with E-state index in [9.17, 15) is 43.5 Å². The Bertz CT molecular complexity index is 3500. The topological polar surface area (TPSA) is 242 Å². The van der Waals surface area contributed by atoms with Crippen molar-refractivity contribution in [1.82, 2.24) is 0 Å². The number of rotatable bonds is 23. The molecule has 0 fully saturated rings. The normalized spacial score (nSPS) is 10.6. The summed E-state index contributed by atoms with van der Waals surface area (Å²) in [5.74, 6) is -2.51. The highest BCUT2D eigenvalue weighted by Gasteiger charge is 2.16. The number of carboxylic acid groups (broad SMARTS) is 1. The number of phenolic OH excluding ortho intramolecular Hbond substituents is 1. The molecule has 8 aromatic rings. The molecule has 17 heteroatoms. The third-order valence-electron chi connectivity index (χ3n) is 11.8. The number of hydrogen-bond acceptors (Lipinski definition) is 16. The van der Waals surface area contributed by atoms with Gasteiger partial charge in [0.05, 0.1) is 51.4 Å². The Morgan fingerprint density at radius 2 is 0.358 bits per heavy atom. The number of carbonyl (C=O) groups excluding carboxylic acids is 7. The summed E-state index contributed by atoms with van der Waals surface area (Å²) in [6.45, 7) is 0. The lowest BCUT2D eigenvalue weighted by atomic mass is 10.1. The van der Waals surface area contributed by atoms with E-state index in [1.54, 1.807) is 170 Å². The van der Waals surface area contributed by atoms with E-state index in [0.717, 1.165) is 0 Å². The molecule has 17 nitrogen and oxygen atoms in total. The molecule has 81 heavy (non-hydrogen) atoms. The molecule has 0 atom stereocenters. The molecule has 0 aliphatic heterocycles. The maximum atomic E-state index is 12.8. The van der Waals surface area contributed by atoms with Gasteiger partial charge in [-0.1, -0.05) is 97.1 Å². The molecule has 0 spiro atoms. The number of hydrogen-bond donors (Lipinski definition) is 2. The molecule has 0 bridgehead atoms. The first-order valence-electron chi connectivity index (χ1n) is 25.2. The summed E-state index contributed by atoms with van der Waals surface area (Å²) in [4.78, 5) is 99.1. The SMILES string of the molecule is O=C(O)Cc1ccc(OC(=O)Cc2ccc(OC(=O)Cc3ccc(OC(=O)Cc4ccc(OC(=O)Cc5ccc(OC(=O)Cc6ccc(OC(=O)Cc7ccc(OC(=O)Cc8ccc(O)cc8)cc7)cc6)cc5)cc4)cc3)cc2)cc1. The van der Waals surface area contributed by atoms with Gasteiger partial charge in [0.25, 0.3) is 0 Å². The van der Waals surface area contributed by atoms with Crippen LogP contribution in [0, 0.1) is 0 Å². The monoisotopic (exact) mass is 1090 g/mol. The Morgan fingerprint density at radius 3 is 0.506 bits per heavy atom. The number of carbonyl (C=O) groups is 8. The zero-order chi connectivity index (χ0) is 57.1. The second-order valence-electron chi connectivity index (χ2n) is 18.3. The van der Waals surface area contributed by atoms with Crippen LogP contribution in [0.4, 0.5) is 0 Å². The first-order valence-corrected chi connectivity index (χ1v) is 25.2. The molecule has 0 aliphatic carbocycles. The highest BCUT2D eigenvalue weighted by molar-refractivity contribution is 5.80. The van der Waals surface area contributed by atoms with Gasteiger partial charge in [0.2, 0.25) is 0 Å². The molecular weight excluding hydrogens is 1040 g/mol. The van der Waals surface area contributed by atoms with Crippen LogP contribution in [0.3, 0.4) is 0 Å². The average Bonchev–Trinajstić information content (AvgIpc) is 3.43. The van der Waals surface area contributed by atoms with Crippen LogP contribution in [0.1, 0.15) is 44.5 Å². The Hall–Kier alpha value is -10.7. The van der Waals surface area contributed by atoms with Gasteiger partial charge >= 0.3 is 47.8 Å². The Kier molecular flexibility index (Phi) is 19.2. The fourth-order valence-electron chi connectivity index (χ4n) is 7.86. The fourth-order valence-corrected chi connectivity index (χ4v) is 7.86. The van der Waals surface area contributed by atoms with Crippen molar-refractivity contribution in [3.63, 3.8) is 0 Å². The van der Waals surface area contributed by atoms with E-state index in [0.29, 0.717) is 56.0 Å².